The molecule has 0 fully saturated rings. The third kappa shape index (κ3) is 3.19. The van der Waals surface area contributed by atoms with Gasteiger partial charge in [0.05, 0.1) is 25.0 Å². The van der Waals surface area contributed by atoms with Crippen molar-refractivity contribution in [1.29, 1.82) is 0 Å². The number of oxime groups is 1. The summed E-state index contributed by atoms with van der Waals surface area (Å²) < 4.78 is 11.1. The lowest BCUT2D eigenvalue weighted by atomic mass is 10.0. The van der Waals surface area contributed by atoms with E-state index in [2.05, 4.69) is 16.6 Å². The van der Waals surface area contributed by atoms with Gasteiger partial charge in [0.1, 0.15) is 0 Å². The second-order valence-corrected chi connectivity index (χ2v) is 4.75. The van der Waals surface area contributed by atoms with Gasteiger partial charge in [-0.25, -0.2) is 4.79 Å². The number of hydrogen-bond acceptors (Lipinski definition) is 5. The Kier molecular flexibility index (Phi) is 4.99. The van der Waals surface area contributed by atoms with E-state index in [1.807, 2.05) is 19.1 Å². The van der Waals surface area contributed by atoms with E-state index in [1.165, 1.54) is 0 Å². The van der Waals surface area contributed by atoms with Crippen molar-refractivity contribution in [3.05, 3.63) is 41.5 Å². The minimum Gasteiger partial charge on any atom is -0.493 e. The lowest BCUT2D eigenvalue weighted by Gasteiger charge is -2.14. The van der Waals surface area contributed by atoms with Crippen molar-refractivity contribution in [2.24, 2.45) is 5.16 Å². The van der Waals surface area contributed by atoms with E-state index < -0.39 is 5.97 Å². The average Bonchev–Trinajstić information content (AvgIpc) is 2.80. The van der Waals surface area contributed by atoms with Crippen molar-refractivity contribution >= 4 is 17.8 Å². The van der Waals surface area contributed by atoms with Crippen LogP contribution in [0.25, 0.3) is 6.08 Å². The minimum absolute atomic E-state index is 0.442. The molecule has 1 aliphatic heterocycles. The van der Waals surface area contributed by atoms with Gasteiger partial charge in [0.2, 0.25) is 0 Å². The van der Waals surface area contributed by atoms with E-state index in [-0.39, 0.29) is 0 Å². The van der Waals surface area contributed by atoms with Crippen molar-refractivity contribution in [2.75, 3.05) is 13.7 Å². The Morgan fingerprint density at radius 3 is 2.73 bits per heavy atom. The monoisotopic (exact) mass is 301 g/mol. The Labute approximate surface area is 129 Å². The van der Waals surface area contributed by atoms with Crippen LogP contribution in [0.2, 0.25) is 0 Å². The Hall–Kier alpha value is -2.56. The number of carbonyl (C=O) groups excluding carboxylic acids is 1. The zero-order chi connectivity index (χ0) is 16.1. The molecule has 0 saturated carbocycles. The van der Waals surface area contributed by atoms with Crippen LogP contribution >= 0.6 is 0 Å². The molecule has 0 aliphatic carbocycles. The molecular weight excluding hydrogens is 282 g/mol. The highest BCUT2D eigenvalue weighted by Gasteiger charge is 2.22. The molecule has 5 heteroatoms. The van der Waals surface area contributed by atoms with E-state index in [4.69, 9.17) is 9.47 Å². The minimum atomic E-state index is -0.448. The molecule has 1 heterocycles. The topological polar surface area (TPSA) is 57.1 Å². The van der Waals surface area contributed by atoms with Crippen molar-refractivity contribution in [3.8, 4) is 11.5 Å². The largest absolute Gasteiger partial charge is 0.493 e. The molecule has 2 rings (SSSR count). The van der Waals surface area contributed by atoms with E-state index >= 15 is 0 Å². The van der Waals surface area contributed by atoms with Crippen LogP contribution in [0.5, 0.6) is 11.5 Å². The number of hydrogen-bond donors (Lipinski definition) is 0. The van der Waals surface area contributed by atoms with Crippen molar-refractivity contribution in [2.45, 2.75) is 20.3 Å². The van der Waals surface area contributed by atoms with Gasteiger partial charge >= 0.3 is 5.97 Å². The van der Waals surface area contributed by atoms with Gasteiger partial charge < -0.3 is 14.3 Å². The predicted octanol–water partition coefficient (Wildman–Crippen LogP) is 3.14. The molecule has 0 bridgehead atoms. The van der Waals surface area contributed by atoms with E-state index in [0.29, 0.717) is 35.8 Å². The summed E-state index contributed by atoms with van der Waals surface area (Å²) in [5, 5.41) is 3.67. The van der Waals surface area contributed by atoms with Crippen molar-refractivity contribution in [3.63, 3.8) is 0 Å². The SMILES string of the molecule is C=CCc1cc(/C=C2\C(=O)ON=C2C)cc(OCC)c1OC. The van der Waals surface area contributed by atoms with Crippen LogP contribution in [0, 0.1) is 0 Å². The summed E-state index contributed by atoms with van der Waals surface area (Å²) in [7, 11) is 1.60. The Balaban J connectivity index is 2.52. The molecule has 116 valence electrons. The molecule has 0 aromatic heterocycles. The second-order valence-electron chi connectivity index (χ2n) is 4.75. The normalized spacial score (nSPS) is 15.5. The summed E-state index contributed by atoms with van der Waals surface area (Å²) in [6.07, 6.45) is 4.17. The summed E-state index contributed by atoms with van der Waals surface area (Å²) in [4.78, 5) is 16.3. The molecule has 0 unspecified atom stereocenters. The first kappa shape index (κ1) is 15.8. The van der Waals surface area contributed by atoms with Crippen LogP contribution in [0.1, 0.15) is 25.0 Å². The van der Waals surface area contributed by atoms with Crippen LogP contribution in [0.15, 0.2) is 35.5 Å². The maximum atomic E-state index is 11.7. The smallest absolute Gasteiger partial charge is 0.367 e. The Morgan fingerprint density at radius 1 is 1.41 bits per heavy atom. The standard InChI is InChI=1S/C17H19NO4/c1-5-7-13-8-12(9-14-11(3)18-22-17(14)19)10-15(21-6-2)16(13)20-4/h5,8-10H,1,6-7H2,2-4H3/b14-9-. The maximum absolute atomic E-state index is 11.7. The van der Waals surface area contributed by atoms with Crippen molar-refractivity contribution < 1.29 is 19.1 Å². The molecule has 0 N–H and O–H groups in total. The number of ether oxygens (including phenoxy) is 2. The fourth-order valence-electron chi connectivity index (χ4n) is 2.25. The first-order valence-electron chi connectivity index (χ1n) is 7.03. The maximum Gasteiger partial charge on any atom is 0.367 e. The van der Waals surface area contributed by atoms with Gasteiger partial charge in [0, 0.05) is 5.56 Å². The summed E-state index contributed by atoms with van der Waals surface area (Å²) in [6.45, 7) is 7.92. The van der Waals surface area contributed by atoms with Gasteiger partial charge in [-0.3, -0.25) is 0 Å². The number of benzene rings is 1. The fourth-order valence-corrected chi connectivity index (χ4v) is 2.25. The number of allylic oxidation sites excluding steroid dienone is 1. The molecule has 22 heavy (non-hydrogen) atoms. The van der Waals surface area contributed by atoms with Gasteiger partial charge in [0.15, 0.2) is 11.5 Å². The van der Waals surface area contributed by atoms with Gasteiger partial charge in [0.25, 0.3) is 0 Å². The quantitative estimate of drug-likeness (QED) is 0.460. The summed E-state index contributed by atoms with van der Waals surface area (Å²) >= 11 is 0. The molecule has 0 spiro atoms. The zero-order valence-corrected chi connectivity index (χ0v) is 13.0. The number of rotatable bonds is 6. The molecular formula is C17H19NO4. The molecule has 1 aliphatic rings. The third-order valence-electron chi connectivity index (χ3n) is 3.21. The summed E-state index contributed by atoms with van der Waals surface area (Å²) in [5.41, 5.74) is 2.77. The third-order valence-corrected chi connectivity index (χ3v) is 3.21. The van der Waals surface area contributed by atoms with Gasteiger partial charge in [-0.15, -0.1) is 6.58 Å². The predicted molar refractivity (Wildman–Crippen MR) is 85.2 cm³/mol. The van der Waals surface area contributed by atoms with Gasteiger partial charge in [-0.2, -0.15) is 0 Å². The van der Waals surface area contributed by atoms with Gasteiger partial charge in [-0.05, 0) is 44.0 Å². The lowest BCUT2D eigenvalue weighted by Crippen LogP contribution is -2.03. The molecule has 5 nitrogen and oxygen atoms in total. The van der Waals surface area contributed by atoms with Crippen molar-refractivity contribution in [1.82, 2.24) is 0 Å². The Bertz CT molecular complexity index is 659. The highest BCUT2D eigenvalue weighted by atomic mass is 16.7. The van der Waals surface area contributed by atoms with E-state index in [9.17, 15) is 4.79 Å². The molecule has 1 aromatic rings. The number of methoxy groups -OCH3 is 1. The number of nitrogens with zero attached hydrogens (tertiary/aromatic N) is 1. The van der Waals surface area contributed by atoms with Gasteiger partial charge in [-0.1, -0.05) is 11.2 Å². The molecule has 0 saturated heterocycles. The zero-order valence-electron chi connectivity index (χ0n) is 13.0. The van der Waals surface area contributed by atoms with Crippen LogP contribution < -0.4 is 9.47 Å². The highest BCUT2D eigenvalue weighted by Crippen LogP contribution is 2.34. The Morgan fingerprint density at radius 2 is 2.18 bits per heavy atom. The highest BCUT2D eigenvalue weighted by molar-refractivity contribution is 6.24. The second kappa shape index (κ2) is 6.93. The fraction of sp³-hybridized carbons (Fsp3) is 0.294. The van der Waals surface area contributed by atoms with Crippen LogP contribution in [0.3, 0.4) is 0 Å². The average molecular weight is 301 g/mol. The van der Waals surface area contributed by atoms with Crippen LogP contribution in [-0.4, -0.2) is 25.4 Å². The molecule has 0 radical (unpaired) electrons. The summed E-state index contributed by atoms with van der Waals surface area (Å²) in [5.74, 6) is 0.872. The first-order chi connectivity index (χ1) is 10.6. The molecule has 0 amide bonds. The van der Waals surface area contributed by atoms with Crippen LogP contribution in [-0.2, 0) is 16.1 Å². The number of carbonyl (C=O) groups is 1. The van der Waals surface area contributed by atoms with E-state index in [1.54, 1.807) is 26.2 Å². The molecule has 0 atom stereocenters. The molecule has 1 aromatic carbocycles. The lowest BCUT2D eigenvalue weighted by molar-refractivity contribution is -0.136. The van der Waals surface area contributed by atoms with E-state index in [0.717, 1.165) is 11.1 Å². The summed E-state index contributed by atoms with van der Waals surface area (Å²) in [6, 6.07) is 3.77. The first-order valence-corrected chi connectivity index (χ1v) is 7.03. The van der Waals surface area contributed by atoms with Crippen LogP contribution in [0.4, 0.5) is 0 Å².